The Kier molecular flexibility index (Phi) is 3.46. The van der Waals surface area contributed by atoms with Crippen LogP contribution in [0.15, 0.2) is 60.2 Å². The SMILES string of the molecule is O=C1CC[C@H](c2ccccc2)/C1=C/c1ccc(F)cc1. The number of benzene rings is 2. The van der Waals surface area contributed by atoms with Gasteiger partial charge in [-0.15, -0.1) is 0 Å². The normalized spacial score (nSPS) is 20.6. The second-order valence-electron chi connectivity index (χ2n) is 5.08. The maximum Gasteiger partial charge on any atom is 0.159 e. The Morgan fingerprint density at radius 3 is 2.40 bits per heavy atom. The van der Waals surface area contributed by atoms with Crippen molar-refractivity contribution >= 4 is 11.9 Å². The summed E-state index contributed by atoms with van der Waals surface area (Å²) >= 11 is 0. The highest BCUT2D eigenvalue weighted by Gasteiger charge is 2.29. The summed E-state index contributed by atoms with van der Waals surface area (Å²) in [6, 6.07) is 16.3. The number of Topliss-reactive ketones (excluding diaryl/α,β-unsaturated/α-hetero) is 1. The molecule has 1 saturated carbocycles. The molecule has 1 nitrogen and oxygen atoms in total. The average molecular weight is 266 g/mol. The number of hydrogen-bond donors (Lipinski definition) is 0. The minimum atomic E-state index is -0.260. The Morgan fingerprint density at radius 1 is 1.00 bits per heavy atom. The Bertz CT molecular complexity index is 641. The molecule has 0 saturated heterocycles. The lowest BCUT2D eigenvalue weighted by Gasteiger charge is -2.11. The average Bonchev–Trinajstić information content (AvgIpc) is 2.84. The molecule has 0 bridgehead atoms. The summed E-state index contributed by atoms with van der Waals surface area (Å²) in [5.74, 6) is 0.0986. The van der Waals surface area contributed by atoms with Gasteiger partial charge in [0.25, 0.3) is 0 Å². The fourth-order valence-corrected chi connectivity index (χ4v) is 2.72. The summed E-state index contributed by atoms with van der Waals surface area (Å²) in [6.45, 7) is 0. The van der Waals surface area contributed by atoms with Gasteiger partial charge < -0.3 is 0 Å². The second kappa shape index (κ2) is 5.41. The van der Waals surface area contributed by atoms with Crippen molar-refractivity contribution < 1.29 is 9.18 Å². The summed E-state index contributed by atoms with van der Waals surface area (Å²) < 4.78 is 12.9. The minimum Gasteiger partial charge on any atom is -0.295 e. The molecule has 100 valence electrons. The van der Waals surface area contributed by atoms with Crippen molar-refractivity contribution in [2.45, 2.75) is 18.8 Å². The first-order valence-corrected chi connectivity index (χ1v) is 6.79. The first kappa shape index (κ1) is 12.8. The zero-order valence-corrected chi connectivity index (χ0v) is 11.1. The highest BCUT2D eigenvalue weighted by atomic mass is 19.1. The van der Waals surface area contributed by atoms with E-state index in [9.17, 15) is 9.18 Å². The Labute approximate surface area is 117 Å². The van der Waals surface area contributed by atoms with E-state index in [0.717, 1.165) is 17.6 Å². The quantitative estimate of drug-likeness (QED) is 0.738. The van der Waals surface area contributed by atoms with E-state index < -0.39 is 0 Å². The van der Waals surface area contributed by atoms with E-state index in [1.165, 1.54) is 17.7 Å². The fourth-order valence-electron chi connectivity index (χ4n) is 2.72. The van der Waals surface area contributed by atoms with Crippen molar-refractivity contribution in [1.82, 2.24) is 0 Å². The van der Waals surface area contributed by atoms with Crippen molar-refractivity contribution in [2.75, 3.05) is 0 Å². The third-order valence-corrected chi connectivity index (χ3v) is 3.75. The van der Waals surface area contributed by atoms with Gasteiger partial charge in [-0.05, 0) is 35.8 Å². The topological polar surface area (TPSA) is 17.1 Å². The van der Waals surface area contributed by atoms with Crippen LogP contribution in [-0.4, -0.2) is 5.78 Å². The molecule has 0 heterocycles. The predicted octanol–water partition coefficient (Wildman–Crippen LogP) is 4.36. The second-order valence-corrected chi connectivity index (χ2v) is 5.08. The fraction of sp³-hybridized carbons (Fsp3) is 0.167. The molecule has 1 aliphatic carbocycles. The van der Waals surface area contributed by atoms with Gasteiger partial charge in [-0.1, -0.05) is 42.5 Å². The van der Waals surface area contributed by atoms with Crippen LogP contribution >= 0.6 is 0 Å². The molecule has 20 heavy (non-hydrogen) atoms. The summed E-state index contributed by atoms with van der Waals surface area (Å²) in [4.78, 5) is 12.1. The van der Waals surface area contributed by atoms with Crippen LogP contribution in [0.25, 0.3) is 6.08 Å². The standard InChI is InChI=1S/C18H15FO/c19-15-8-6-13(7-9-15)12-17-16(10-11-18(17)20)14-4-2-1-3-5-14/h1-9,12,16H,10-11H2/b17-12-/t16-/m1/s1. The number of allylic oxidation sites excluding steroid dienone is 1. The lowest BCUT2D eigenvalue weighted by Crippen LogP contribution is -2.00. The number of halogens is 1. The number of rotatable bonds is 2. The smallest absolute Gasteiger partial charge is 0.159 e. The van der Waals surface area contributed by atoms with E-state index in [1.807, 2.05) is 24.3 Å². The van der Waals surface area contributed by atoms with Gasteiger partial charge in [-0.25, -0.2) is 4.39 Å². The first-order valence-electron chi connectivity index (χ1n) is 6.79. The van der Waals surface area contributed by atoms with E-state index in [2.05, 4.69) is 12.1 Å². The third-order valence-electron chi connectivity index (χ3n) is 3.75. The number of carbonyl (C=O) groups excluding carboxylic acids is 1. The van der Waals surface area contributed by atoms with Crippen molar-refractivity contribution in [2.24, 2.45) is 0 Å². The van der Waals surface area contributed by atoms with Crippen LogP contribution in [0.5, 0.6) is 0 Å². The molecule has 0 N–H and O–H groups in total. The lowest BCUT2D eigenvalue weighted by molar-refractivity contribution is -0.114. The molecule has 0 aromatic heterocycles. The Hall–Kier alpha value is -2.22. The molecule has 3 rings (SSSR count). The molecule has 0 spiro atoms. The van der Waals surface area contributed by atoms with Gasteiger partial charge in [0.05, 0.1) is 0 Å². The molecule has 2 aromatic rings. The van der Waals surface area contributed by atoms with Crippen LogP contribution in [0.3, 0.4) is 0 Å². The van der Waals surface area contributed by atoms with E-state index >= 15 is 0 Å². The highest BCUT2D eigenvalue weighted by Crippen LogP contribution is 2.37. The predicted molar refractivity (Wildman–Crippen MR) is 77.8 cm³/mol. The molecule has 1 fully saturated rings. The highest BCUT2D eigenvalue weighted by molar-refractivity contribution is 6.03. The molecule has 0 unspecified atom stereocenters. The van der Waals surface area contributed by atoms with Crippen LogP contribution in [-0.2, 0) is 4.79 Å². The lowest BCUT2D eigenvalue weighted by atomic mass is 9.92. The summed E-state index contributed by atoms with van der Waals surface area (Å²) in [6.07, 6.45) is 3.34. The minimum absolute atomic E-state index is 0.161. The van der Waals surface area contributed by atoms with Crippen LogP contribution in [0.2, 0.25) is 0 Å². The van der Waals surface area contributed by atoms with Gasteiger partial charge in [0.2, 0.25) is 0 Å². The van der Waals surface area contributed by atoms with Gasteiger partial charge in [0, 0.05) is 17.9 Å². The van der Waals surface area contributed by atoms with Crippen LogP contribution in [0.4, 0.5) is 4.39 Å². The largest absolute Gasteiger partial charge is 0.295 e. The maximum atomic E-state index is 12.9. The Balaban J connectivity index is 1.96. The van der Waals surface area contributed by atoms with Crippen molar-refractivity contribution in [3.8, 4) is 0 Å². The number of hydrogen-bond acceptors (Lipinski definition) is 1. The van der Waals surface area contributed by atoms with Crippen LogP contribution in [0, 0.1) is 5.82 Å². The third kappa shape index (κ3) is 2.55. The zero-order valence-electron chi connectivity index (χ0n) is 11.1. The molecule has 2 aromatic carbocycles. The monoisotopic (exact) mass is 266 g/mol. The molecule has 1 atom stereocenters. The number of ketones is 1. The van der Waals surface area contributed by atoms with Gasteiger partial charge in [-0.3, -0.25) is 4.79 Å². The van der Waals surface area contributed by atoms with Crippen LogP contribution < -0.4 is 0 Å². The van der Waals surface area contributed by atoms with Gasteiger partial charge in [-0.2, -0.15) is 0 Å². The molecular weight excluding hydrogens is 251 g/mol. The Morgan fingerprint density at radius 2 is 1.70 bits per heavy atom. The van der Waals surface area contributed by atoms with Crippen molar-refractivity contribution in [1.29, 1.82) is 0 Å². The molecule has 1 aliphatic rings. The van der Waals surface area contributed by atoms with Gasteiger partial charge in [0.1, 0.15) is 5.82 Å². The summed E-state index contributed by atoms with van der Waals surface area (Å²) in [5, 5.41) is 0. The van der Waals surface area contributed by atoms with E-state index in [-0.39, 0.29) is 17.5 Å². The molecule has 2 heteroatoms. The first-order chi connectivity index (χ1) is 9.74. The van der Waals surface area contributed by atoms with Crippen molar-refractivity contribution in [3.05, 3.63) is 77.1 Å². The zero-order chi connectivity index (χ0) is 13.9. The molecule has 0 aliphatic heterocycles. The molecular formula is C18H15FO. The van der Waals surface area contributed by atoms with E-state index in [1.54, 1.807) is 12.1 Å². The maximum absolute atomic E-state index is 12.9. The van der Waals surface area contributed by atoms with Crippen molar-refractivity contribution in [3.63, 3.8) is 0 Å². The van der Waals surface area contributed by atoms with Crippen LogP contribution in [0.1, 0.15) is 29.9 Å². The van der Waals surface area contributed by atoms with Gasteiger partial charge in [0.15, 0.2) is 5.78 Å². The summed E-state index contributed by atoms with van der Waals surface area (Å²) in [7, 11) is 0. The molecule has 0 amide bonds. The summed E-state index contributed by atoms with van der Waals surface area (Å²) in [5.41, 5.74) is 2.88. The van der Waals surface area contributed by atoms with E-state index in [4.69, 9.17) is 0 Å². The number of carbonyl (C=O) groups is 1. The van der Waals surface area contributed by atoms with Gasteiger partial charge >= 0.3 is 0 Å². The molecule has 0 radical (unpaired) electrons. The van der Waals surface area contributed by atoms with E-state index in [0.29, 0.717) is 6.42 Å².